The van der Waals surface area contributed by atoms with E-state index in [4.69, 9.17) is 10.9 Å². The third kappa shape index (κ3) is 3.34. The Labute approximate surface area is 104 Å². The summed E-state index contributed by atoms with van der Waals surface area (Å²) in [6, 6.07) is 3.65. The maximum Gasteiger partial charge on any atom is 0.268 e. The van der Waals surface area contributed by atoms with Gasteiger partial charge in [0.1, 0.15) is 5.69 Å². The summed E-state index contributed by atoms with van der Waals surface area (Å²) in [5, 5.41) is 14.1. The van der Waals surface area contributed by atoms with E-state index in [1.54, 1.807) is 0 Å². The standard InChI is InChI=1S/C11H16N4O3/c1-6(2)9(10(12)15-18)14-11(17)7-4-3-5-8(16)13-7/h3-6,9,18H,1-2H3,(H2,12,15)(H,13,16)(H,14,17). The number of hydrogen-bond acceptors (Lipinski definition) is 4. The lowest BCUT2D eigenvalue weighted by Crippen LogP contribution is -2.48. The van der Waals surface area contributed by atoms with E-state index >= 15 is 0 Å². The number of H-pyrrole nitrogens is 1. The Morgan fingerprint density at radius 3 is 2.67 bits per heavy atom. The number of pyridine rings is 1. The maximum atomic E-state index is 11.9. The lowest BCUT2D eigenvalue weighted by atomic mass is 10.0. The highest BCUT2D eigenvalue weighted by Gasteiger charge is 2.21. The van der Waals surface area contributed by atoms with Gasteiger partial charge >= 0.3 is 0 Å². The van der Waals surface area contributed by atoms with Crippen LogP contribution in [0.1, 0.15) is 24.3 Å². The van der Waals surface area contributed by atoms with E-state index in [9.17, 15) is 9.59 Å². The van der Waals surface area contributed by atoms with Crippen LogP contribution in [0.15, 0.2) is 28.1 Å². The summed E-state index contributed by atoms with van der Waals surface area (Å²) in [5.41, 5.74) is 5.24. The van der Waals surface area contributed by atoms with Crippen molar-refractivity contribution in [2.45, 2.75) is 19.9 Å². The number of carbonyl (C=O) groups excluding carboxylic acids is 1. The largest absolute Gasteiger partial charge is 0.409 e. The fraction of sp³-hybridized carbons (Fsp3) is 0.364. The van der Waals surface area contributed by atoms with Gasteiger partial charge in [0.2, 0.25) is 5.56 Å². The summed E-state index contributed by atoms with van der Waals surface area (Å²) >= 11 is 0. The lowest BCUT2D eigenvalue weighted by molar-refractivity contribution is 0.0933. The number of aromatic amines is 1. The lowest BCUT2D eigenvalue weighted by Gasteiger charge is -2.20. The number of amidine groups is 1. The molecule has 0 spiro atoms. The molecule has 1 atom stereocenters. The van der Waals surface area contributed by atoms with E-state index in [0.29, 0.717) is 0 Å². The van der Waals surface area contributed by atoms with E-state index in [-0.39, 0.29) is 23.0 Å². The molecule has 0 aliphatic carbocycles. The molecule has 98 valence electrons. The van der Waals surface area contributed by atoms with Crippen molar-refractivity contribution in [1.82, 2.24) is 10.3 Å². The summed E-state index contributed by atoms with van der Waals surface area (Å²) in [6.45, 7) is 3.63. The van der Waals surface area contributed by atoms with E-state index in [1.165, 1.54) is 18.2 Å². The predicted molar refractivity (Wildman–Crippen MR) is 66.6 cm³/mol. The molecule has 0 aliphatic heterocycles. The van der Waals surface area contributed by atoms with E-state index < -0.39 is 11.9 Å². The third-order valence-electron chi connectivity index (χ3n) is 2.40. The molecule has 0 saturated heterocycles. The summed E-state index contributed by atoms with van der Waals surface area (Å²) in [5.74, 6) is -0.630. The van der Waals surface area contributed by atoms with Crippen molar-refractivity contribution in [3.63, 3.8) is 0 Å². The van der Waals surface area contributed by atoms with Gasteiger partial charge in [-0.3, -0.25) is 9.59 Å². The zero-order valence-electron chi connectivity index (χ0n) is 10.2. The van der Waals surface area contributed by atoms with E-state index in [1.807, 2.05) is 13.8 Å². The summed E-state index contributed by atoms with van der Waals surface area (Å²) in [4.78, 5) is 25.3. The Bertz CT molecular complexity index is 507. The van der Waals surface area contributed by atoms with Gasteiger partial charge in [0.15, 0.2) is 5.84 Å². The molecule has 1 aromatic rings. The van der Waals surface area contributed by atoms with Gasteiger partial charge in [-0.15, -0.1) is 0 Å². The van der Waals surface area contributed by atoms with Crippen LogP contribution < -0.4 is 16.6 Å². The van der Waals surface area contributed by atoms with Gasteiger partial charge < -0.3 is 21.2 Å². The van der Waals surface area contributed by atoms with E-state index in [2.05, 4.69) is 15.5 Å². The summed E-state index contributed by atoms with van der Waals surface area (Å²) in [7, 11) is 0. The Hall–Kier alpha value is -2.31. The van der Waals surface area contributed by atoms with Crippen molar-refractivity contribution < 1.29 is 10.0 Å². The van der Waals surface area contributed by atoms with Crippen LogP contribution in [0.25, 0.3) is 0 Å². The first kappa shape index (κ1) is 13.8. The van der Waals surface area contributed by atoms with Gasteiger partial charge in [-0.1, -0.05) is 25.1 Å². The number of nitrogens with two attached hydrogens (primary N) is 1. The predicted octanol–water partition coefficient (Wildman–Crippen LogP) is -0.124. The minimum Gasteiger partial charge on any atom is -0.409 e. The number of rotatable bonds is 4. The van der Waals surface area contributed by atoms with Crippen LogP contribution in [0.2, 0.25) is 0 Å². The van der Waals surface area contributed by atoms with Crippen LogP contribution in [-0.2, 0) is 0 Å². The van der Waals surface area contributed by atoms with Crippen molar-refractivity contribution >= 4 is 11.7 Å². The summed E-state index contributed by atoms with van der Waals surface area (Å²) in [6.07, 6.45) is 0. The second-order valence-electron chi connectivity index (χ2n) is 4.15. The Morgan fingerprint density at radius 2 is 2.17 bits per heavy atom. The number of aromatic nitrogens is 1. The summed E-state index contributed by atoms with van der Waals surface area (Å²) < 4.78 is 0. The second kappa shape index (κ2) is 5.85. The Kier molecular flexibility index (Phi) is 4.47. The molecule has 1 unspecified atom stereocenters. The van der Waals surface area contributed by atoms with Crippen LogP contribution in [0.4, 0.5) is 0 Å². The molecule has 1 heterocycles. The molecule has 1 aromatic heterocycles. The van der Waals surface area contributed by atoms with Crippen molar-refractivity contribution in [1.29, 1.82) is 0 Å². The van der Waals surface area contributed by atoms with E-state index in [0.717, 1.165) is 0 Å². The van der Waals surface area contributed by atoms with Gasteiger partial charge in [0.05, 0.1) is 6.04 Å². The third-order valence-corrected chi connectivity index (χ3v) is 2.40. The molecule has 1 rings (SSSR count). The maximum absolute atomic E-state index is 11.9. The van der Waals surface area contributed by atoms with Gasteiger partial charge in [-0.05, 0) is 12.0 Å². The van der Waals surface area contributed by atoms with Crippen molar-refractivity contribution in [2.24, 2.45) is 16.8 Å². The highest BCUT2D eigenvalue weighted by atomic mass is 16.4. The molecule has 0 fully saturated rings. The Morgan fingerprint density at radius 1 is 1.50 bits per heavy atom. The van der Waals surface area contributed by atoms with Gasteiger partial charge in [0, 0.05) is 6.07 Å². The zero-order chi connectivity index (χ0) is 13.7. The first-order chi connectivity index (χ1) is 8.45. The van der Waals surface area contributed by atoms with Crippen LogP contribution in [-0.4, -0.2) is 28.0 Å². The number of oxime groups is 1. The van der Waals surface area contributed by atoms with Crippen molar-refractivity contribution in [2.75, 3.05) is 0 Å². The van der Waals surface area contributed by atoms with Crippen LogP contribution in [0.5, 0.6) is 0 Å². The minimum atomic E-state index is -0.605. The SMILES string of the molecule is CC(C)C(NC(=O)c1cccc(=O)[nH]1)/C(N)=N/O. The van der Waals surface area contributed by atoms with Gasteiger partial charge in [-0.2, -0.15) is 0 Å². The molecule has 0 aromatic carbocycles. The molecule has 0 saturated carbocycles. The average Bonchev–Trinajstić information content (AvgIpc) is 2.34. The molecule has 1 amide bonds. The minimum absolute atomic E-state index is 0.0553. The van der Waals surface area contributed by atoms with Crippen molar-refractivity contribution in [3.8, 4) is 0 Å². The number of nitrogens with zero attached hydrogens (tertiary/aromatic N) is 1. The fourth-order valence-corrected chi connectivity index (χ4v) is 1.44. The zero-order valence-corrected chi connectivity index (χ0v) is 10.2. The highest BCUT2D eigenvalue weighted by molar-refractivity contribution is 5.96. The molecule has 18 heavy (non-hydrogen) atoms. The molecular weight excluding hydrogens is 236 g/mol. The number of nitrogens with one attached hydrogen (secondary N) is 2. The van der Waals surface area contributed by atoms with Crippen LogP contribution >= 0.6 is 0 Å². The monoisotopic (exact) mass is 252 g/mol. The normalized spacial score (nSPS) is 13.4. The average molecular weight is 252 g/mol. The topological polar surface area (TPSA) is 121 Å². The molecule has 7 heteroatoms. The second-order valence-corrected chi connectivity index (χ2v) is 4.15. The number of hydrogen-bond donors (Lipinski definition) is 4. The highest BCUT2D eigenvalue weighted by Crippen LogP contribution is 2.03. The molecule has 0 aliphatic rings. The molecular formula is C11H16N4O3. The first-order valence-electron chi connectivity index (χ1n) is 5.43. The number of amides is 1. The van der Waals surface area contributed by atoms with Gasteiger partial charge in [-0.25, -0.2) is 0 Å². The molecule has 5 N–H and O–H groups in total. The first-order valence-corrected chi connectivity index (χ1v) is 5.43. The smallest absolute Gasteiger partial charge is 0.268 e. The van der Waals surface area contributed by atoms with Crippen LogP contribution in [0, 0.1) is 5.92 Å². The quantitative estimate of drug-likeness (QED) is 0.258. The van der Waals surface area contributed by atoms with Gasteiger partial charge in [0.25, 0.3) is 5.91 Å². The molecule has 7 nitrogen and oxygen atoms in total. The molecule has 0 radical (unpaired) electrons. The number of carbonyl (C=O) groups is 1. The fourth-order valence-electron chi connectivity index (χ4n) is 1.44. The Balaban J connectivity index is 2.89. The van der Waals surface area contributed by atoms with Crippen molar-refractivity contribution in [3.05, 3.63) is 34.2 Å². The van der Waals surface area contributed by atoms with Crippen LogP contribution in [0.3, 0.4) is 0 Å². The molecule has 0 bridgehead atoms.